The highest BCUT2D eigenvalue weighted by Gasteiger charge is 2.28. The molecule has 2 aromatic rings. The van der Waals surface area contributed by atoms with E-state index >= 15 is 0 Å². The van der Waals surface area contributed by atoms with E-state index in [2.05, 4.69) is 15.4 Å². The van der Waals surface area contributed by atoms with Crippen LogP contribution in [0.3, 0.4) is 0 Å². The second-order valence-electron chi connectivity index (χ2n) is 6.38. The lowest BCUT2D eigenvalue weighted by atomic mass is 9.95. The minimum atomic E-state index is -0.839. The summed E-state index contributed by atoms with van der Waals surface area (Å²) in [5.74, 6) is 0.138. The van der Waals surface area contributed by atoms with Crippen LogP contribution in [0.15, 0.2) is 18.2 Å². The Balaban J connectivity index is 1.63. The minimum Gasteiger partial charge on any atom is -0.454 e. The summed E-state index contributed by atoms with van der Waals surface area (Å²) < 4.78 is 15.1. The molecule has 0 spiro atoms. The number of hydrogen-bond donors (Lipinski definition) is 2. The number of imide groups is 1. The van der Waals surface area contributed by atoms with E-state index in [0.29, 0.717) is 27.6 Å². The van der Waals surface area contributed by atoms with Crippen molar-refractivity contribution in [1.82, 2.24) is 5.32 Å². The highest BCUT2D eigenvalue weighted by molar-refractivity contribution is 7.17. The van der Waals surface area contributed by atoms with Gasteiger partial charge in [-0.3, -0.25) is 14.9 Å². The SMILES string of the molecule is COC(=O)NC(=O)c1c(NC(=O)c2ccc3c(c2)OCO3)sc2c1CCCC2. The molecule has 2 heterocycles. The Labute approximate surface area is 164 Å². The number of methoxy groups -OCH3 is 1. The largest absolute Gasteiger partial charge is 0.454 e. The molecule has 1 aromatic carbocycles. The van der Waals surface area contributed by atoms with Gasteiger partial charge in [-0.2, -0.15) is 0 Å². The Morgan fingerprint density at radius 2 is 1.86 bits per heavy atom. The molecule has 1 aliphatic carbocycles. The molecule has 0 unspecified atom stereocenters. The van der Waals surface area contributed by atoms with Crippen LogP contribution in [-0.4, -0.2) is 31.8 Å². The van der Waals surface area contributed by atoms with Gasteiger partial charge in [-0.05, 0) is 49.4 Å². The van der Waals surface area contributed by atoms with Gasteiger partial charge in [0.05, 0.1) is 12.7 Å². The Hall–Kier alpha value is -3.07. The molecule has 4 rings (SSSR count). The second-order valence-corrected chi connectivity index (χ2v) is 7.49. The molecular formula is C19H18N2O6S. The molecule has 0 atom stereocenters. The van der Waals surface area contributed by atoms with E-state index in [0.717, 1.165) is 36.1 Å². The van der Waals surface area contributed by atoms with Crippen LogP contribution in [0.5, 0.6) is 11.5 Å². The maximum atomic E-state index is 12.8. The number of carbonyl (C=O) groups is 3. The molecular weight excluding hydrogens is 384 g/mol. The molecule has 9 heteroatoms. The summed E-state index contributed by atoms with van der Waals surface area (Å²) in [7, 11) is 1.19. The van der Waals surface area contributed by atoms with Gasteiger partial charge in [0, 0.05) is 10.4 Å². The molecule has 0 saturated carbocycles. The van der Waals surface area contributed by atoms with Crippen molar-refractivity contribution in [3.8, 4) is 11.5 Å². The molecule has 0 saturated heterocycles. The number of aryl methyl sites for hydroxylation is 1. The number of amides is 3. The van der Waals surface area contributed by atoms with Crippen molar-refractivity contribution in [2.24, 2.45) is 0 Å². The van der Waals surface area contributed by atoms with E-state index in [1.165, 1.54) is 18.4 Å². The van der Waals surface area contributed by atoms with Crippen LogP contribution in [0.25, 0.3) is 0 Å². The monoisotopic (exact) mass is 402 g/mol. The van der Waals surface area contributed by atoms with Crippen LogP contribution in [-0.2, 0) is 17.6 Å². The fourth-order valence-electron chi connectivity index (χ4n) is 3.31. The van der Waals surface area contributed by atoms with Gasteiger partial charge in [0.25, 0.3) is 11.8 Å². The van der Waals surface area contributed by atoms with E-state index in [9.17, 15) is 14.4 Å². The standard InChI is InChI=1S/C19H18N2O6S/c1-25-19(24)21-17(23)15-11-4-2-3-5-14(11)28-18(15)20-16(22)10-6-7-12-13(8-10)27-9-26-12/h6-8H,2-5,9H2,1H3,(H,20,22)(H,21,23,24). The predicted octanol–water partition coefficient (Wildman–Crippen LogP) is 3.10. The Bertz CT molecular complexity index is 968. The van der Waals surface area contributed by atoms with Crippen molar-refractivity contribution in [3.63, 3.8) is 0 Å². The lowest BCUT2D eigenvalue weighted by Gasteiger charge is -2.12. The average molecular weight is 402 g/mol. The zero-order valence-corrected chi connectivity index (χ0v) is 15.9. The van der Waals surface area contributed by atoms with Crippen molar-refractivity contribution in [3.05, 3.63) is 39.8 Å². The number of nitrogens with one attached hydrogen (secondary N) is 2. The summed E-state index contributed by atoms with van der Waals surface area (Å²) in [6.45, 7) is 0.121. The molecule has 8 nitrogen and oxygen atoms in total. The summed E-state index contributed by atoms with van der Waals surface area (Å²) >= 11 is 1.37. The van der Waals surface area contributed by atoms with E-state index < -0.39 is 12.0 Å². The van der Waals surface area contributed by atoms with Crippen molar-refractivity contribution in [2.75, 3.05) is 19.2 Å². The first-order valence-corrected chi connectivity index (χ1v) is 9.63. The fraction of sp³-hybridized carbons (Fsp3) is 0.316. The minimum absolute atomic E-state index is 0.121. The first kappa shape index (κ1) is 18.3. The maximum absolute atomic E-state index is 12.8. The topological polar surface area (TPSA) is 103 Å². The molecule has 1 aliphatic heterocycles. The number of alkyl carbamates (subject to hydrolysis) is 1. The number of ether oxygens (including phenoxy) is 3. The summed E-state index contributed by atoms with van der Waals surface area (Å²) in [6, 6.07) is 4.89. The molecule has 3 amide bonds. The molecule has 2 aliphatic rings. The van der Waals surface area contributed by atoms with Gasteiger partial charge in [-0.25, -0.2) is 4.79 Å². The Kier molecular flexibility index (Phi) is 4.91. The molecule has 2 N–H and O–H groups in total. The van der Waals surface area contributed by atoms with Crippen molar-refractivity contribution >= 4 is 34.2 Å². The normalized spacial score (nSPS) is 14.2. The lowest BCUT2D eigenvalue weighted by Crippen LogP contribution is -2.31. The van der Waals surface area contributed by atoms with Gasteiger partial charge >= 0.3 is 6.09 Å². The van der Waals surface area contributed by atoms with Gasteiger partial charge in [0.15, 0.2) is 11.5 Å². The fourth-order valence-corrected chi connectivity index (χ4v) is 4.60. The van der Waals surface area contributed by atoms with Crippen molar-refractivity contribution < 1.29 is 28.6 Å². The van der Waals surface area contributed by atoms with Crippen LogP contribution >= 0.6 is 11.3 Å². The number of rotatable bonds is 3. The van der Waals surface area contributed by atoms with Gasteiger partial charge in [0.1, 0.15) is 5.00 Å². The van der Waals surface area contributed by atoms with Gasteiger partial charge < -0.3 is 19.5 Å². The molecule has 0 radical (unpaired) electrons. The summed E-state index contributed by atoms with van der Waals surface area (Å²) in [5, 5.41) is 5.43. The number of thiophene rings is 1. The van der Waals surface area contributed by atoms with Crippen molar-refractivity contribution in [2.45, 2.75) is 25.7 Å². The summed E-state index contributed by atoms with van der Waals surface area (Å²) in [6.07, 6.45) is 2.72. The maximum Gasteiger partial charge on any atom is 0.413 e. The van der Waals surface area contributed by atoms with Crippen LogP contribution in [0, 0.1) is 0 Å². The number of carbonyl (C=O) groups excluding carboxylic acids is 3. The van der Waals surface area contributed by atoms with Crippen LogP contribution in [0.1, 0.15) is 44.0 Å². The Morgan fingerprint density at radius 3 is 2.68 bits per heavy atom. The smallest absolute Gasteiger partial charge is 0.413 e. The van der Waals surface area contributed by atoms with E-state index in [4.69, 9.17) is 9.47 Å². The third kappa shape index (κ3) is 3.40. The predicted molar refractivity (Wildman–Crippen MR) is 101 cm³/mol. The highest BCUT2D eigenvalue weighted by Crippen LogP contribution is 2.39. The average Bonchev–Trinajstić information content (AvgIpc) is 3.30. The number of anilines is 1. The third-order valence-electron chi connectivity index (χ3n) is 4.66. The molecule has 0 fully saturated rings. The number of benzene rings is 1. The van der Waals surface area contributed by atoms with Crippen LogP contribution in [0.4, 0.5) is 9.80 Å². The highest BCUT2D eigenvalue weighted by atomic mass is 32.1. The van der Waals surface area contributed by atoms with E-state index in [1.54, 1.807) is 18.2 Å². The zero-order valence-electron chi connectivity index (χ0n) is 15.1. The van der Waals surface area contributed by atoms with E-state index in [1.807, 2.05) is 0 Å². The van der Waals surface area contributed by atoms with Gasteiger partial charge in [-0.1, -0.05) is 0 Å². The van der Waals surface area contributed by atoms with Gasteiger partial charge in [-0.15, -0.1) is 11.3 Å². The summed E-state index contributed by atoms with van der Waals surface area (Å²) in [5.41, 5.74) is 1.60. The van der Waals surface area contributed by atoms with Gasteiger partial charge in [0.2, 0.25) is 6.79 Å². The number of fused-ring (bicyclic) bond motifs is 2. The van der Waals surface area contributed by atoms with Crippen LogP contribution in [0.2, 0.25) is 0 Å². The lowest BCUT2D eigenvalue weighted by molar-refractivity contribution is 0.0937. The Morgan fingerprint density at radius 1 is 1.07 bits per heavy atom. The zero-order chi connectivity index (χ0) is 19.7. The second kappa shape index (κ2) is 7.51. The summed E-state index contributed by atoms with van der Waals surface area (Å²) in [4.78, 5) is 37.9. The first-order valence-electron chi connectivity index (χ1n) is 8.81. The number of hydrogen-bond acceptors (Lipinski definition) is 7. The van der Waals surface area contributed by atoms with Crippen molar-refractivity contribution in [1.29, 1.82) is 0 Å². The molecule has 28 heavy (non-hydrogen) atoms. The quantitative estimate of drug-likeness (QED) is 0.818. The molecule has 0 bridgehead atoms. The van der Waals surface area contributed by atoms with E-state index in [-0.39, 0.29) is 12.7 Å². The van der Waals surface area contributed by atoms with Crippen LogP contribution < -0.4 is 20.1 Å². The third-order valence-corrected chi connectivity index (χ3v) is 5.87. The molecule has 1 aromatic heterocycles. The molecule has 146 valence electrons. The first-order chi connectivity index (χ1) is 13.6.